The van der Waals surface area contributed by atoms with Crippen molar-refractivity contribution < 1.29 is 9.53 Å². The summed E-state index contributed by atoms with van der Waals surface area (Å²) in [5.74, 6) is 1.14. The number of methoxy groups -OCH3 is 1. The second-order valence-corrected chi connectivity index (χ2v) is 8.39. The first kappa shape index (κ1) is 21.0. The van der Waals surface area contributed by atoms with Crippen molar-refractivity contribution in [2.45, 2.75) is 25.3 Å². The van der Waals surface area contributed by atoms with Crippen LogP contribution in [-0.2, 0) is 11.3 Å². The smallest absolute Gasteiger partial charge is 0.267 e. The number of aromatic amines is 1. The molecule has 1 amide bonds. The number of aromatic nitrogens is 3. The van der Waals surface area contributed by atoms with E-state index in [-0.39, 0.29) is 18.0 Å². The fourth-order valence-electron chi connectivity index (χ4n) is 4.58. The Morgan fingerprint density at radius 2 is 1.88 bits per heavy atom. The SMILES string of the molecule is COc1ccc2[nH]cc(C3CCN(C(=O)Cn4nc(-c5ccccc5)ccc4=O)CC3)c2c1. The summed E-state index contributed by atoms with van der Waals surface area (Å²) in [6, 6.07) is 18.9. The number of H-pyrrole nitrogens is 1. The zero-order valence-electron chi connectivity index (χ0n) is 18.5. The zero-order chi connectivity index (χ0) is 22.8. The van der Waals surface area contributed by atoms with Crippen molar-refractivity contribution in [3.63, 3.8) is 0 Å². The zero-order valence-corrected chi connectivity index (χ0v) is 18.5. The molecule has 0 radical (unpaired) electrons. The maximum atomic E-state index is 13.0. The summed E-state index contributed by atoms with van der Waals surface area (Å²) in [7, 11) is 1.67. The Labute approximate surface area is 191 Å². The molecular formula is C26H26N4O3. The van der Waals surface area contributed by atoms with Gasteiger partial charge in [-0.15, -0.1) is 0 Å². The molecule has 1 saturated heterocycles. The molecule has 168 valence electrons. The van der Waals surface area contributed by atoms with Crippen LogP contribution >= 0.6 is 0 Å². The van der Waals surface area contributed by atoms with E-state index in [1.54, 1.807) is 13.2 Å². The van der Waals surface area contributed by atoms with Gasteiger partial charge in [0.2, 0.25) is 5.91 Å². The first-order chi connectivity index (χ1) is 16.1. The van der Waals surface area contributed by atoms with Gasteiger partial charge in [-0.3, -0.25) is 9.59 Å². The maximum absolute atomic E-state index is 13.0. The van der Waals surface area contributed by atoms with E-state index >= 15 is 0 Å². The van der Waals surface area contributed by atoms with Gasteiger partial charge in [-0.2, -0.15) is 5.10 Å². The molecule has 5 rings (SSSR count). The first-order valence-electron chi connectivity index (χ1n) is 11.2. The topological polar surface area (TPSA) is 80.2 Å². The highest BCUT2D eigenvalue weighted by atomic mass is 16.5. The molecule has 1 N–H and O–H groups in total. The fourth-order valence-corrected chi connectivity index (χ4v) is 4.58. The van der Waals surface area contributed by atoms with Gasteiger partial charge in [0.05, 0.1) is 12.8 Å². The van der Waals surface area contributed by atoms with Gasteiger partial charge < -0.3 is 14.6 Å². The molecule has 0 aliphatic carbocycles. The summed E-state index contributed by atoms with van der Waals surface area (Å²) in [6.45, 7) is 1.27. The van der Waals surface area contributed by atoms with Crippen LogP contribution in [0, 0.1) is 0 Å². The average Bonchev–Trinajstić information content (AvgIpc) is 3.29. The van der Waals surface area contributed by atoms with Crippen LogP contribution < -0.4 is 10.3 Å². The van der Waals surface area contributed by atoms with E-state index in [4.69, 9.17) is 4.74 Å². The van der Waals surface area contributed by atoms with Crippen molar-refractivity contribution in [1.29, 1.82) is 0 Å². The van der Waals surface area contributed by atoms with Gasteiger partial charge in [0.15, 0.2) is 0 Å². The highest BCUT2D eigenvalue weighted by Gasteiger charge is 2.26. The molecule has 0 unspecified atom stereocenters. The molecule has 7 nitrogen and oxygen atoms in total. The lowest BCUT2D eigenvalue weighted by Gasteiger charge is -2.32. The van der Waals surface area contributed by atoms with Crippen molar-refractivity contribution in [3.05, 3.63) is 82.8 Å². The van der Waals surface area contributed by atoms with Crippen LogP contribution in [0.4, 0.5) is 0 Å². The van der Waals surface area contributed by atoms with Crippen LogP contribution in [0.5, 0.6) is 5.75 Å². The minimum atomic E-state index is -0.273. The summed E-state index contributed by atoms with van der Waals surface area (Å²) in [6.07, 6.45) is 3.83. The van der Waals surface area contributed by atoms with Crippen molar-refractivity contribution in [3.8, 4) is 17.0 Å². The molecule has 0 spiro atoms. The summed E-state index contributed by atoms with van der Waals surface area (Å²) in [4.78, 5) is 30.5. The number of carbonyl (C=O) groups excluding carboxylic acids is 1. The van der Waals surface area contributed by atoms with Crippen LogP contribution in [0.15, 0.2) is 71.7 Å². The molecular weight excluding hydrogens is 416 g/mol. The van der Waals surface area contributed by atoms with Crippen LogP contribution in [0.25, 0.3) is 22.2 Å². The van der Waals surface area contributed by atoms with Gasteiger partial charge in [0.25, 0.3) is 5.56 Å². The number of likely N-dealkylation sites (tertiary alicyclic amines) is 1. The number of fused-ring (bicyclic) bond motifs is 1. The predicted octanol–water partition coefficient (Wildman–Crippen LogP) is 3.81. The standard InChI is InChI=1S/C26H26N4O3/c1-33-20-7-8-24-21(15-20)22(16-27-24)18-11-13-29(14-12-18)26(32)17-30-25(31)10-9-23(28-30)19-5-3-2-4-6-19/h2-10,15-16,18,27H,11-14,17H2,1H3. The van der Waals surface area contributed by atoms with E-state index in [0.717, 1.165) is 29.7 Å². The highest BCUT2D eigenvalue weighted by molar-refractivity contribution is 5.85. The Kier molecular flexibility index (Phi) is 5.69. The minimum Gasteiger partial charge on any atom is -0.497 e. The second-order valence-electron chi connectivity index (χ2n) is 8.39. The molecule has 33 heavy (non-hydrogen) atoms. The monoisotopic (exact) mass is 442 g/mol. The Morgan fingerprint density at radius 1 is 1.09 bits per heavy atom. The molecule has 0 atom stereocenters. The van der Waals surface area contributed by atoms with Gasteiger partial charge in [-0.1, -0.05) is 30.3 Å². The number of rotatable bonds is 5. The van der Waals surface area contributed by atoms with Crippen molar-refractivity contribution in [2.24, 2.45) is 0 Å². The molecule has 0 bridgehead atoms. The number of nitrogens with zero attached hydrogens (tertiary/aromatic N) is 3. The molecule has 3 heterocycles. The number of benzene rings is 2. The summed E-state index contributed by atoms with van der Waals surface area (Å²) < 4.78 is 6.65. The van der Waals surface area contributed by atoms with Gasteiger partial charge >= 0.3 is 0 Å². The van der Waals surface area contributed by atoms with Gasteiger partial charge in [-0.25, -0.2) is 4.68 Å². The van der Waals surface area contributed by atoms with E-state index in [9.17, 15) is 9.59 Å². The third-order valence-corrected chi connectivity index (χ3v) is 6.43. The van der Waals surface area contributed by atoms with Crippen LogP contribution in [-0.4, -0.2) is 45.8 Å². The predicted molar refractivity (Wildman–Crippen MR) is 127 cm³/mol. The summed E-state index contributed by atoms with van der Waals surface area (Å²) >= 11 is 0. The van der Waals surface area contributed by atoms with E-state index in [2.05, 4.69) is 22.3 Å². The van der Waals surface area contributed by atoms with E-state index < -0.39 is 0 Å². The largest absolute Gasteiger partial charge is 0.497 e. The molecule has 4 aromatic rings. The average molecular weight is 443 g/mol. The van der Waals surface area contributed by atoms with Crippen LogP contribution in [0.3, 0.4) is 0 Å². The number of hydrogen-bond donors (Lipinski definition) is 1. The Bertz CT molecular complexity index is 1330. The van der Waals surface area contributed by atoms with Gasteiger partial charge in [-0.05, 0) is 48.6 Å². The third kappa shape index (κ3) is 4.26. The lowest BCUT2D eigenvalue weighted by Crippen LogP contribution is -2.41. The Morgan fingerprint density at radius 3 is 2.64 bits per heavy atom. The van der Waals surface area contributed by atoms with Crippen molar-refractivity contribution in [2.75, 3.05) is 20.2 Å². The fraction of sp³-hybridized carbons (Fsp3) is 0.269. The third-order valence-electron chi connectivity index (χ3n) is 6.43. The summed E-state index contributed by atoms with van der Waals surface area (Å²) in [5.41, 5.74) is 3.68. The molecule has 1 aliphatic heterocycles. The second kappa shape index (κ2) is 8.94. The normalized spacial score (nSPS) is 14.5. The number of carbonyl (C=O) groups is 1. The van der Waals surface area contributed by atoms with E-state index in [1.807, 2.05) is 47.4 Å². The van der Waals surface area contributed by atoms with E-state index in [0.29, 0.717) is 24.7 Å². The number of hydrogen-bond acceptors (Lipinski definition) is 4. The minimum absolute atomic E-state index is 0.0472. The molecule has 0 saturated carbocycles. The number of nitrogens with one attached hydrogen (secondary N) is 1. The lowest BCUT2D eigenvalue weighted by molar-refractivity contribution is -0.133. The number of ether oxygens (including phenoxy) is 1. The van der Waals surface area contributed by atoms with Crippen LogP contribution in [0.2, 0.25) is 0 Å². The first-order valence-corrected chi connectivity index (χ1v) is 11.2. The number of piperidine rings is 1. The molecule has 1 aliphatic rings. The Balaban J connectivity index is 1.27. The number of amides is 1. The highest BCUT2D eigenvalue weighted by Crippen LogP contribution is 2.34. The van der Waals surface area contributed by atoms with Gasteiger partial charge in [0, 0.05) is 41.8 Å². The van der Waals surface area contributed by atoms with Crippen molar-refractivity contribution >= 4 is 16.8 Å². The maximum Gasteiger partial charge on any atom is 0.267 e. The van der Waals surface area contributed by atoms with Crippen molar-refractivity contribution in [1.82, 2.24) is 19.7 Å². The van der Waals surface area contributed by atoms with E-state index in [1.165, 1.54) is 21.7 Å². The molecule has 1 fully saturated rings. The molecule has 7 heteroatoms. The summed E-state index contributed by atoms with van der Waals surface area (Å²) in [5, 5.41) is 5.60. The molecule has 2 aromatic carbocycles. The van der Waals surface area contributed by atoms with Gasteiger partial charge in [0.1, 0.15) is 12.3 Å². The lowest BCUT2D eigenvalue weighted by atomic mass is 9.89. The quantitative estimate of drug-likeness (QED) is 0.510. The van der Waals surface area contributed by atoms with Crippen LogP contribution in [0.1, 0.15) is 24.3 Å². The Hall–Kier alpha value is -3.87. The molecule has 2 aromatic heterocycles.